The van der Waals surface area contributed by atoms with Crippen molar-refractivity contribution >= 4 is 33.7 Å². The van der Waals surface area contributed by atoms with Crippen molar-refractivity contribution in [3.8, 4) is 11.4 Å². The van der Waals surface area contributed by atoms with E-state index in [9.17, 15) is 9.90 Å². The Morgan fingerprint density at radius 3 is 2.75 bits per heavy atom. The highest BCUT2D eigenvalue weighted by atomic mass is 32.1. The summed E-state index contributed by atoms with van der Waals surface area (Å²) in [5.41, 5.74) is 1.20. The van der Waals surface area contributed by atoms with E-state index in [2.05, 4.69) is 4.98 Å². The number of aromatic nitrogens is 2. The van der Waals surface area contributed by atoms with E-state index in [0.29, 0.717) is 15.9 Å². The molecule has 4 aromatic rings. The van der Waals surface area contributed by atoms with E-state index in [0.717, 1.165) is 10.6 Å². The van der Waals surface area contributed by atoms with Gasteiger partial charge >= 0.3 is 0 Å². The number of rotatable bonds is 3. The number of nitrogens with zero attached hydrogens (tertiary/aromatic N) is 2. The second kappa shape index (κ2) is 5.82. The molecular weight excluding hydrogens is 324 g/mol. The van der Waals surface area contributed by atoms with Crippen LogP contribution in [0.4, 0.5) is 0 Å². The van der Waals surface area contributed by atoms with Crippen LogP contribution in [0.25, 0.3) is 28.1 Å². The zero-order chi connectivity index (χ0) is 16.5. The Balaban J connectivity index is 1.76. The van der Waals surface area contributed by atoms with E-state index >= 15 is 0 Å². The van der Waals surface area contributed by atoms with Gasteiger partial charge in [0.2, 0.25) is 0 Å². The van der Waals surface area contributed by atoms with Crippen molar-refractivity contribution in [3.05, 3.63) is 76.0 Å². The highest BCUT2D eigenvalue weighted by Gasteiger charge is 2.09. The average Bonchev–Trinajstić information content (AvgIpc) is 3.24. The second-order valence-corrected chi connectivity index (χ2v) is 6.23. The van der Waals surface area contributed by atoms with Crippen LogP contribution in [0.5, 0.6) is 5.75 Å². The van der Waals surface area contributed by atoms with Gasteiger partial charge in [0.05, 0.1) is 17.5 Å². The molecule has 0 spiro atoms. The van der Waals surface area contributed by atoms with Crippen LogP contribution < -0.4 is 5.56 Å². The van der Waals surface area contributed by atoms with Crippen LogP contribution in [0.2, 0.25) is 0 Å². The molecule has 1 aromatic carbocycles. The monoisotopic (exact) mass is 336 g/mol. The number of phenols is 1. The first-order valence-corrected chi connectivity index (χ1v) is 8.04. The van der Waals surface area contributed by atoms with Crippen LogP contribution in [-0.2, 0) is 0 Å². The summed E-state index contributed by atoms with van der Waals surface area (Å²) in [4.78, 5) is 18.0. The Labute approximate surface area is 140 Å². The number of fused-ring (bicyclic) bond motifs is 1. The first kappa shape index (κ1) is 14.5. The van der Waals surface area contributed by atoms with E-state index in [1.165, 1.54) is 34.4 Å². The third-order valence-electron chi connectivity index (χ3n) is 3.54. The number of thiophene rings is 1. The summed E-state index contributed by atoms with van der Waals surface area (Å²) in [7, 11) is 0. The van der Waals surface area contributed by atoms with E-state index in [1.807, 2.05) is 30.4 Å². The van der Waals surface area contributed by atoms with E-state index in [-0.39, 0.29) is 11.3 Å². The maximum atomic E-state index is 12.7. The molecule has 118 valence electrons. The lowest BCUT2D eigenvalue weighted by Crippen LogP contribution is -2.17. The Morgan fingerprint density at radius 1 is 1.17 bits per heavy atom. The fraction of sp³-hybridized carbons (Fsp3) is 0. The molecule has 24 heavy (non-hydrogen) atoms. The number of phenolic OH excluding ortho intramolecular Hbond substituents is 1. The number of benzene rings is 1. The first-order valence-electron chi connectivity index (χ1n) is 7.23. The van der Waals surface area contributed by atoms with Gasteiger partial charge in [-0.3, -0.25) is 9.36 Å². The van der Waals surface area contributed by atoms with Gasteiger partial charge in [0.25, 0.3) is 5.56 Å². The van der Waals surface area contributed by atoms with Gasteiger partial charge in [-0.25, -0.2) is 4.98 Å². The van der Waals surface area contributed by atoms with Gasteiger partial charge in [-0.15, -0.1) is 11.3 Å². The topological polar surface area (TPSA) is 68.3 Å². The molecule has 5 nitrogen and oxygen atoms in total. The quantitative estimate of drug-likeness (QED) is 0.616. The van der Waals surface area contributed by atoms with Crippen molar-refractivity contribution in [2.24, 2.45) is 0 Å². The van der Waals surface area contributed by atoms with Crippen molar-refractivity contribution in [2.75, 3.05) is 0 Å². The van der Waals surface area contributed by atoms with Gasteiger partial charge in [0, 0.05) is 4.88 Å². The lowest BCUT2D eigenvalue weighted by molar-refractivity contribution is 0.475. The Bertz CT molecular complexity index is 1070. The van der Waals surface area contributed by atoms with Crippen molar-refractivity contribution in [1.82, 2.24) is 9.55 Å². The molecule has 0 radical (unpaired) electrons. The van der Waals surface area contributed by atoms with Crippen LogP contribution in [0, 0.1) is 0 Å². The fourth-order valence-corrected chi connectivity index (χ4v) is 3.30. The molecule has 0 amide bonds. The SMILES string of the molecule is O=c1c2sc(/C=C/c3ccco3)cc2ncn1-c1ccc(O)cc1. The first-order chi connectivity index (χ1) is 11.7. The molecule has 0 fully saturated rings. The summed E-state index contributed by atoms with van der Waals surface area (Å²) in [5.74, 6) is 0.907. The number of hydrogen-bond donors (Lipinski definition) is 1. The minimum Gasteiger partial charge on any atom is -0.508 e. The maximum absolute atomic E-state index is 12.7. The van der Waals surface area contributed by atoms with Crippen LogP contribution in [0.3, 0.4) is 0 Å². The molecule has 0 aliphatic carbocycles. The Morgan fingerprint density at radius 2 is 2.00 bits per heavy atom. The lowest BCUT2D eigenvalue weighted by Gasteiger charge is -2.04. The Hall–Kier alpha value is -3.12. The Kier molecular flexibility index (Phi) is 3.51. The highest BCUT2D eigenvalue weighted by molar-refractivity contribution is 7.19. The molecule has 0 aliphatic heterocycles. The highest BCUT2D eigenvalue weighted by Crippen LogP contribution is 2.23. The van der Waals surface area contributed by atoms with Crippen molar-refractivity contribution < 1.29 is 9.52 Å². The smallest absolute Gasteiger partial charge is 0.275 e. The fourth-order valence-electron chi connectivity index (χ4n) is 2.36. The van der Waals surface area contributed by atoms with Crippen LogP contribution in [0.15, 0.2) is 64.3 Å². The molecular formula is C18H12N2O3S. The van der Waals surface area contributed by atoms with Gasteiger partial charge in [-0.2, -0.15) is 0 Å². The standard InChI is InChI=1S/C18H12N2O3S/c21-13-5-3-12(4-6-13)20-11-19-16-10-15(24-17(16)18(20)22)8-7-14-2-1-9-23-14/h1-11,21H/b8-7+. The molecule has 0 atom stereocenters. The summed E-state index contributed by atoms with van der Waals surface area (Å²) in [6.07, 6.45) is 6.87. The molecule has 4 rings (SSSR count). The minimum atomic E-state index is -0.131. The van der Waals surface area contributed by atoms with Crippen molar-refractivity contribution in [2.45, 2.75) is 0 Å². The third-order valence-corrected chi connectivity index (χ3v) is 4.62. The van der Waals surface area contributed by atoms with E-state index in [1.54, 1.807) is 18.4 Å². The molecule has 3 heterocycles. The third kappa shape index (κ3) is 2.63. The van der Waals surface area contributed by atoms with Gasteiger partial charge in [0.15, 0.2) is 0 Å². The summed E-state index contributed by atoms with van der Waals surface area (Å²) in [6, 6.07) is 12.0. The number of aromatic hydroxyl groups is 1. The summed E-state index contributed by atoms with van der Waals surface area (Å²) in [6.45, 7) is 0. The predicted molar refractivity (Wildman–Crippen MR) is 94.5 cm³/mol. The zero-order valence-corrected chi connectivity index (χ0v) is 13.2. The molecule has 0 bridgehead atoms. The average molecular weight is 336 g/mol. The molecule has 0 unspecified atom stereocenters. The number of hydrogen-bond acceptors (Lipinski definition) is 5. The normalized spacial score (nSPS) is 11.5. The largest absolute Gasteiger partial charge is 0.508 e. The van der Waals surface area contributed by atoms with Crippen LogP contribution in [-0.4, -0.2) is 14.7 Å². The van der Waals surface area contributed by atoms with Crippen LogP contribution >= 0.6 is 11.3 Å². The molecule has 1 N–H and O–H groups in total. The molecule has 0 saturated heterocycles. The molecule has 0 saturated carbocycles. The maximum Gasteiger partial charge on any atom is 0.275 e. The van der Waals surface area contributed by atoms with E-state index < -0.39 is 0 Å². The second-order valence-electron chi connectivity index (χ2n) is 5.15. The molecule has 3 aromatic heterocycles. The van der Waals surface area contributed by atoms with E-state index in [4.69, 9.17) is 4.42 Å². The minimum absolute atomic E-state index is 0.131. The lowest BCUT2D eigenvalue weighted by atomic mass is 10.3. The van der Waals surface area contributed by atoms with Crippen molar-refractivity contribution in [3.63, 3.8) is 0 Å². The molecule has 0 aliphatic rings. The van der Waals surface area contributed by atoms with Crippen LogP contribution in [0.1, 0.15) is 10.6 Å². The van der Waals surface area contributed by atoms with Crippen molar-refractivity contribution in [1.29, 1.82) is 0 Å². The van der Waals surface area contributed by atoms with Gasteiger partial charge in [-0.1, -0.05) is 0 Å². The summed E-state index contributed by atoms with van der Waals surface area (Å²) >= 11 is 1.38. The predicted octanol–water partition coefficient (Wildman–Crippen LogP) is 3.92. The molecule has 6 heteroatoms. The summed E-state index contributed by atoms with van der Waals surface area (Å²) in [5, 5.41) is 9.37. The summed E-state index contributed by atoms with van der Waals surface area (Å²) < 4.78 is 7.31. The van der Waals surface area contributed by atoms with Gasteiger partial charge in [0.1, 0.15) is 22.5 Å². The zero-order valence-electron chi connectivity index (χ0n) is 12.4. The van der Waals surface area contributed by atoms with Gasteiger partial charge in [-0.05, 0) is 54.6 Å². The number of furan rings is 1. The van der Waals surface area contributed by atoms with Gasteiger partial charge < -0.3 is 9.52 Å².